The standard InChI is InChI=1S/C61H43N/c1-60(2)52-27-13-15-29-54(52)61(55-30-16-14-28-53(55)60)51-26-12-11-24-50(51)59-49(25-17-31-56(59)61)48-37-36-45(46-22-9-10-23-47(46)48)41-32-34-43(35-33-41)58-39-44(40-18-5-3-6-19-40)38-57(62-58)42-20-7-4-8-21-42/h3-39H,1-2H3. The maximum absolute atomic E-state index is 5.21. The first-order valence-electron chi connectivity index (χ1n) is 21.7. The molecule has 0 saturated heterocycles. The minimum absolute atomic E-state index is 0.133. The molecule has 12 rings (SSSR count). The normalized spacial score (nSPS) is 13.9. The van der Waals surface area contributed by atoms with Crippen LogP contribution in [0.2, 0.25) is 0 Å². The van der Waals surface area contributed by atoms with Crippen LogP contribution in [0, 0.1) is 0 Å². The Labute approximate surface area is 363 Å². The summed E-state index contributed by atoms with van der Waals surface area (Å²) in [6.07, 6.45) is 0. The summed E-state index contributed by atoms with van der Waals surface area (Å²) in [4.78, 5) is 5.21. The average molecular weight is 790 g/mol. The molecule has 1 spiro atoms. The topological polar surface area (TPSA) is 12.9 Å². The summed E-state index contributed by atoms with van der Waals surface area (Å²) in [7, 11) is 0. The monoisotopic (exact) mass is 789 g/mol. The third kappa shape index (κ3) is 5.31. The van der Waals surface area contributed by atoms with E-state index >= 15 is 0 Å². The van der Waals surface area contributed by atoms with Crippen LogP contribution in [0.4, 0.5) is 0 Å². The summed E-state index contributed by atoms with van der Waals surface area (Å²) in [6, 6.07) is 82.7. The van der Waals surface area contributed by atoms with Gasteiger partial charge in [0.05, 0.1) is 16.8 Å². The Morgan fingerprint density at radius 2 is 0.742 bits per heavy atom. The predicted molar refractivity (Wildman–Crippen MR) is 258 cm³/mol. The number of aromatic nitrogens is 1. The average Bonchev–Trinajstić information content (AvgIpc) is 3.65. The van der Waals surface area contributed by atoms with Gasteiger partial charge in [0.1, 0.15) is 0 Å². The van der Waals surface area contributed by atoms with Gasteiger partial charge in [0.15, 0.2) is 0 Å². The van der Waals surface area contributed by atoms with E-state index in [0.29, 0.717) is 0 Å². The minimum Gasteiger partial charge on any atom is -0.248 e. The molecule has 2 aliphatic carbocycles. The molecule has 1 heteroatoms. The molecule has 0 fully saturated rings. The van der Waals surface area contributed by atoms with E-state index in [1.807, 2.05) is 0 Å². The van der Waals surface area contributed by atoms with Crippen molar-refractivity contribution in [2.45, 2.75) is 24.7 Å². The van der Waals surface area contributed by atoms with Gasteiger partial charge in [-0.1, -0.05) is 226 Å². The lowest BCUT2D eigenvalue weighted by Gasteiger charge is -2.46. The highest BCUT2D eigenvalue weighted by molar-refractivity contribution is 6.08. The highest BCUT2D eigenvalue weighted by Crippen LogP contribution is 2.63. The molecule has 0 radical (unpaired) electrons. The first-order chi connectivity index (χ1) is 30.5. The van der Waals surface area contributed by atoms with Crippen molar-refractivity contribution >= 4 is 10.8 Å². The summed E-state index contributed by atoms with van der Waals surface area (Å²) >= 11 is 0. The van der Waals surface area contributed by atoms with Crippen molar-refractivity contribution in [3.63, 3.8) is 0 Å². The van der Waals surface area contributed by atoms with Gasteiger partial charge in [0, 0.05) is 16.5 Å². The summed E-state index contributed by atoms with van der Waals surface area (Å²) in [5.41, 5.74) is 21.7. The molecule has 10 aromatic rings. The van der Waals surface area contributed by atoms with Crippen LogP contribution in [-0.2, 0) is 10.8 Å². The number of hydrogen-bond donors (Lipinski definition) is 0. The maximum atomic E-state index is 5.21. The SMILES string of the molecule is CC1(C)c2ccccc2C2(c3ccccc3-c3c(-c4ccc(-c5ccc(-c6cc(-c7ccccc7)cc(-c7ccccc7)n6)cc5)c5ccccc45)cccc32)c2ccccc21. The second-order valence-corrected chi connectivity index (χ2v) is 17.4. The van der Waals surface area contributed by atoms with Crippen LogP contribution in [0.1, 0.15) is 47.2 Å². The lowest BCUT2D eigenvalue weighted by molar-refractivity contribution is 0.563. The summed E-state index contributed by atoms with van der Waals surface area (Å²) < 4.78 is 0. The van der Waals surface area contributed by atoms with Gasteiger partial charge in [-0.2, -0.15) is 0 Å². The van der Waals surface area contributed by atoms with Gasteiger partial charge in [-0.25, -0.2) is 4.98 Å². The fourth-order valence-corrected chi connectivity index (χ4v) is 11.0. The van der Waals surface area contributed by atoms with Crippen LogP contribution < -0.4 is 0 Å². The van der Waals surface area contributed by atoms with Crippen molar-refractivity contribution in [2.75, 3.05) is 0 Å². The summed E-state index contributed by atoms with van der Waals surface area (Å²) in [5.74, 6) is 0. The molecular formula is C61H43N. The Balaban J connectivity index is 1.00. The van der Waals surface area contributed by atoms with Gasteiger partial charge < -0.3 is 0 Å². The summed E-state index contributed by atoms with van der Waals surface area (Å²) in [6.45, 7) is 4.78. The first kappa shape index (κ1) is 36.3. The molecule has 0 unspecified atom stereocenters. The van der Waals surface area contributed by atoms with Gasteiger partial charge in [-0.3, -0.25) is 0 Å². The molecule has 1 nitrogen and oxygen atoms in total. The third-order valence-electron chi connectivity index (χ3n) is 13.8. The highest BCUT2D eigenvalue weighted by atomic mass is 14.7. The molecule has 0 aliphatic heterocycles. The molecule has 1 heterocycles. The molecule has 62 heavy (non-hydrogen) atoms. The van der Waals surface area contributed by atoms with Crippen molar-refractivity contribution in [1.29, 1.82) is 0 Å². The predicted octanol–water partition coefficient (Wildman–Crippen LogP) is 15.6. The van der Waals surface area contributed by atoms with Gasteiger partial charge in [0.2, 0.25) is 0 Å². The zero-order valence-corrected chi connectivity index (χ0v) is 34.8. The van der Waals surface area contributed by atoms with Crippen molar-refractivity contribution in [2.24, 2.45) is 0 Å². The molecule has 0 amide bonds. The molecule has 0 saturated carbocycles. The zero-order chi connectivity index (χ0) is 41.4. The van der Waals surface area contributed by atoms with Crippen molar-refractivity contribution in [3.05, 3.63) is 258 Å². The number of pyridine rings is 1. The zero-order valence-electron chi connectivity index (χ0n) is 34.8. The van der Waals surface area contributed by atoms with E-state index in [1.165, 1.54) is 83.1 Å². The van der Waals surface area contributed by atoms with Crippen LogP contribution in [0.25, 0.3) is 77.8 Å². The number of nitrogens with zero attached hydrogens (tertiary/aromatic N) is 1. The molecule has 292 valence electrons. The lowest BCUT2D eigenvalue weighted by Crippen LogP contribution is -2.40. The Bertz CT molecular complexity index is 3250. The summed E-state index contributed by atoms with van der Waals surface area (Å²) in [5, 5.41) is 2.48. The van der Waals surface area contributed by atoms with Crippen LogP contribution in [-0.4, -0.2) is 4.98 Å². The second kappa shape index (κ2) is 14.0. The van der Waals surface area contributed by atoms with E-state index in [1.54, 1.807) is 0 Å². The Hall–Kier alpha value is -7.61. The van der Waals surface area contributed by atoms with Crippen molar-refractivity contribution in [1.82, 2.24) is 4.98 Å². The van der Waals surface area contributed by atoms with E-state index < -0.39 is 5.41 Å². The highest BCUT2D eigenvalue weighted by Gasteiger charge is 2.53. The Morgan fingerprint density at radius 1 is 0.290 bits per heavy atom. The molecule has 2 aliphatic rings. The molecule has 9 aromatic carbocycles. The van der Waals surface area contributed by atoms with Crippen LogP contribution in [0.3, 0.4) is 0 Å². The second-order valence-electron chi connectivity index (χ2n) is 17.4. The number of fused-ring (bicyclic) bond motifs is 10. The quantitative estimate of drug-likeness (QED) is 0.169. The lowest BCUT2D eigenvalue weighted by atomic mass is 9.55. The van der Waals surface area contributed by atoms with Gasteiger partial charge in [0.25, 0.3) is 0 Å². The van der Waals surface area contributed by atoms with Crippen molar-refractivity contribution in [3.8, 4) is 67.0 Å². The van der Waals surface area contributed by atoms with Gasteiger partial charge in [-0.15, -0.1) is 0 Å². The fraction of sp³-hybridized carbons (Fsp3) is 0.0656. The number of rotatable bonds is 5. The van der Waals surface area contributed by atoms with E-state index in [0.717, 1.165) is 28.1 Å². The van der Waals surface area contributed by atoms with E-state index in [2.05, 4.69) is 238 Å². The molecule has 1 aromatic heterocycles. The van der Waals surface area contributed by atoms with Gasteiger partial charge >= 0.3 is 0 Å². The van der Waals surface area contributed by atoms with Crippen LogP contribution in [0.5, 0.6) is 0 Å². The van der Waals surface area contributed by atoms with Gasteiger partial charge in [-0.05, 0) is 101 Å². The van der Waals surface area contributed by atoms with E-state index in [4.69, 9.17) is 4.98 Å². The molecule has 0 N–H and O–H groups in total. The Kier molecular flexibility index (Phi) is 8.17. The molecule has 0 bridgehead atoms. The van der Waals surface area contributed by atoms with Crippen LogP contribution in [0.15, 0.2) is 224 Å². The minimum atomic E-state index is -0.431. The maximum Gasteiger partial charge on any atom is 0.0719 e. The smallest absolute Gasteiger partial charge is 0.0719 e. The number of hydrogen-bond acceptors (Lipinski definition) is 1. The Morgan fingerprint density at radius 3 is 1.39 bits per heavy atom. The van der Waals surface area contributed by atoms with Crippen LogP contribution >= 0.6 is 0 Å². The van der Waals surface area contributed by atoms with Crippen molar-refractivity contribution < 1.29 is 0 Å². The fourth-order valence-electron chi connectivity index (χ4n) is 11.0. The first-order valence-corrected chi connectivity index (χ1v) is 21.7. The van der Waals surface area contributed by atoms with E-state index in [9.17, 15) is 0 Å². The molecule has 0 atom stereocenters. The molecular weight excluding hydrogens is 747 g/mol. The third-order valence-corrected chi connectivity index (χ3v) is 13.8. The largest absolute Gasteiger partial charge is 0.248 e. The number of benzene rings is 9. The van der Waals surface area contributed by atoms with E-state index in [-0.39, 0.29) is 5.41 Å².